The third-order valence-electron chi connectivity index (χ3n) is 3.35. The number of benzene rings is 1. The van der Waals surface area contributed by atoms with Crippen LogP contribution in [0.1, 0.15) is 35.6 Å². The van der Waals surface area contributed by atoms with Crippen LogP contribution in [0.15, 0.2) is 40.8 Å². The molecule has 22 heavy (non-hydrogen) atoms. The van der Waals surface area contributed by atoms with Gasteiger partial charge in [0.2, 0.25) is 5.91 Å². The van der Waals surface area contributed by atoms with Crippen LogP contribution >= 0.6 is 0 Å². The zero-order valence-corrected chi connectivity index (χ0v) is 13.3. The molecule has 1 aromatic heterocycles. The Kier molecular flexibility index (Phi) is 5.04. The van der Waals surface area contributed by atoms with Crippen molar-refractivity contribution in [3.05, 3.63) is 59.1 Å². The number of hydrogen-bond acceptors (Lipinski definition) is 3. The SMILES string of the molecule is COc1ccc(C)cc1/C=C/C(=O)NC(C)c1ccc(C)o1. The molecule has 1 aromatic carbocycles. The van der Waals surface area contributed by atoms with Gasteiger partial charge in [0.25, 0.3) is 0 Å². The molecule has 1 unspecified atom stereocenters. The van der Waals surface area contributed by atoms with E-state index in [0.29, 0.717) is 0 Å². The average Bonchev–Trinajstić information content (AvgIpc) is 2.92. The third-order valence-corrected chi connectivity index (χ3v) is 3.35. The summed E-state index contributed by atoms with van der Waals surface area (Å²) >= 11 is 0. The van der Waals surface area contributed by atoms with Gasteiger partial charge in [-0.3, -0.25) is 4.79 Å². The van der Waals surface area contributed by atoms with Gasteiger partial charge in [0.15, 0.2) is 0 Å². The number of furan rings is 1. The molecule has 0 spiro atoms. The van der Waals surface area contributed by atoms with Crippen molar-refractivity contribution in [2.45, 2.75) is 26.8 Å². The van der Waals surface area contributed by atoms with Gasteiger partial charge in [-0.25, -0.2) is 0 Å². The van der Waals surface area contributed by atoms with E-state index in [1.807, 2.05) is 51.1 Å². The number of aryl methyl sites for hydroxylation is 2. The number of carbonyl (C=O) groups excluding carboxylic acids is 1. The fraction of sp³-hybridized carbons (Fsp3) is 0.278. The standard InChI is InChI=1S/C18H21NO3/c1-12-5-8-17(21-4)15(11-12)7-10-18(20)19-14(3)16-9-6-13(2)22-16/h5-11,14H,1-4H3,(H,19,20)/b10-7+. The number of rotatable bonds is 5. The summed E-state index contributed by atoms with van der Waals surface area (Å²) in [4.78, 5) is 12.0. The first-order valence-corrected chi connectivity index (χ1v) is 7.19. The summed E-state index contributed by atoms with van der Waals surface area (Å²) in [6, 6.07) is 9.41. The van der Waals surface area contributed by atoms with Gasteiger partial charge in [-0.1, -0.05) is 11.6 Å². The lowest BCUT2D eigenvalue weighted by atomic mass is 10.1. The van der Waals surface area contributed by atoms with Crippen molar-refractivity contribution in [1.82, 2.24) is 5.32 Å². The molecule has 1 heterocycles. The van der Waals surface area contributed by atoms with E-state index in [4.69, 9.17) is 9.15 Å². The lowest BCUT2D eigenvalue weighted by Crippen LogP contribution is -2.24. The van der Waals surface area contributed by atoms with Crippen molar-refractivity contribution in [1.29, 1.82) is 0 Å². The maximum atomic E-state index is 12.0. The summed E-state index contributed by atoms with van der Waals surface area (Å²) in [5, 5.41) is 2.87. The highest BCUT2D eigenvalue weighted by molar-refractivity contribution is 5.92. The van der Waals surface area contributed by atoms with Gasteiger partial charge in [0, 0.05) is 11.6 Å². The Balaban J connectivity index is 2.04. The quantitative estimate of drug-likeness (QED) is 0.854. The lowest BCUT2D eigenvalue weighted by Gasteiger charge is -2.09. The number of methoxy groups -OCH3 is 1. The van der Waals surface area contributed by atoms with E-state index in [0.717, 1.165) is 28.4 Å². The van der Waals surface area contributed by atoms with Crippen molar-refractivity contribution in [3.8, 4) is 5.75 Å². The maximum absolute atomic E-state index is 12.0. The first-order valence-electron chi connectivity index (χ1n) is 7.19. The van der Waals surface area contributed by atoms with Gasteiger partial charge in [0.05, 0.1) is 13.2 Å². The summed E-state index contributed by atoms with van der Waals surface area (Å²) in [6.45, 7) is 5.76. The molecular weight excluding hydrogens is 278 g/mol. The molecule has 0 saturated carbocycles. The molecule has 0 saturated heterocycles. The summed E-state index contributed by atoms with van der Waals surface area (Å²) in [7, 11) is 1.61. The number of hydrogen-bond donors (Lipinski definition) is 1. The molecule has 0 aliphatic rings. The highest BCUT2D eigenvalue weighted by Crippen LogP contribution is 2.21. The van der Waals surface area contributed by atoms with Crippen LogP contribution in [0.4, 0.5) is 0 Å². The smallest absolute Gasteiger partial charge is 0.244 e. The number of nitrogens with one attached hydrogen (secondary N) is 1. The van der Waals surface area contributed by atoms with Crippen molar-refractivity contribution < 1.29 is 13.9 Å². The topological polar surface area (TPSA) is 51.5 Å². The molecule has 0 aliphatic heterocycles. The number of carbonyl (C=O) groups is 1. The Labute approximate surface area is 130 Å². The monoisotopic (exact) mass is 299 g/mol. The second kappa shape index (κ2) is 6.98. The van der Waals surface area contributed by atoms with Crippen LogP contribution in [0, 0.1) is 13.8 Å². The fourth-order valence-corrected chi connectivity index (χ4v) is 2.17. The largest absolute Gasteiger partial charge is 0.496 e. The minimum atomic E-state index is -0.176. The predicted molar refractivity (Wildman–Crippen MR) is 86.8 cm³/mol. The van der Waals surface area contributed by atoms with E-state index < -0.39 is 0 Å². The summed E-state index contributed by atoms with van der Waals surface area (Å²) in [5.74, 6) is 2.14. The molecule has 1 N–H and O–H groups in total. The van der Waals surface area contributed by atoms with Crippen LogP contribution in [-0.2, 0) is 4.79 Å². The van der Waals surface area contributed by atoms with Crippen LogP contribution < -0.4 is 10.1 Å². The van der Waals surface area contributed by atoms with E-state index in [2.05, 4.69) is 5.32 Å². The molecule has 4 heteroatoms. The summed E-state index contributed by atoms with van der Waals surface area (Å²) < 4.78 is 10.8. The Hall–Kier alpha value is -2.49. The molecular formula is C18H21NO3. The fourth-order valence-electron chi connectivity index (χ4n) is 2.17. The predicted octanol–water partition coefficient (Wildman–Crippen LogP) is 3.80. The molecule has 2 aromatic rings. The highest BCUT2D eigenvalue weighted by atomic mass is 16.5. The Morgan fingerprint density at radius 2 is 2.05 bits per heavy atom. The van der Waals surface area contributed by atoms with Gasteiger partial charge in [-0.05, 0) is 51.1 Å². The van der Waals surface area contributed by atoms with Crippen LogP contribution in [0.3, 0.4) is 0 Å². The molecule has 1 atom stereocenters. The molecule has 1 amide bonds. The number of ether oxygens (including phenoxy) is 1. The summed E-state index contributed by atoms with van der Waals surface area (Å²) in [5.41, 5.74) is 1.99. The third kappa shape index (κ3) is 4.01. The van der Waals surface area contributed by atoms with E-state index in [-0.39, 0.29) is 11.9 Å². The average molecular weight is 299 g/mol. The molecule has 0 bridgehead atoms. The number of amides is 1. The Morgan fingerprint density at radius 3 is 2.68 bits per heavy atom. The molecule has 116 valence electrons. The van der Waals surface area contributed by atoms with Gasteiger partial charge in [-0.15, -0.1) is 0 Å². The first kappa shape index (κ1) is 15.9. The summed E-state index contributed by atoms with van der Waals surface area (Å²) in [6.07, 6.45) is 3.25. The van der Waals surface area contributed by atoms with Gasteiger partial charge in [-0.2, -0.15) is 0 Å². The minimum Gasteiger partial charge on any atom is -0.496 e. The molecule has 2 rings (SSSR count). The van der Waals surface area contributed by atoms with Crippen LogP contribution in [-0.4, -0.2) is 13.0 Å². The Morgan fingerprint density at radius 1 is 1.27 bits per heavy atom. The molecule has 0 radical (unpaired) electrons. The second-order valence-electron chi connectivity index (χ2n) is 5.26. The second-order valence-corrected chi connectivity index (χ2v) is 5.26. The van der Waals surface area contributed by atoms with E-state index >= 15 is 0 Å². The van der Waals surface area contributed by atoms with E-state index in [1.165, 1.54) is 6.08 Å². The Bertz CT molecular complexity index is 685. The van der Waals surface area contributed by atoms with Gasteiger partial charge < -0.3 is 14.5 Å². The molecule has 4 nitrogen and oxygen atoms in total. The van der Waals surface area contributed by atoms with E-state index in [9.17, 15) is 4.79 Å². The normalized spacial score (nSPS) is 12.4. The van der Waals surface area contributed by atoms with Crippen molar-refractivity contribution >= 4 is 12.0 Å². The van der Waals surface area contributed by atoms with E-state index in [1.54, 1.807) is 13.2 Å². The van der Waals surface area contributed by atoms with Crippen molar-refractivity contribution in [2.75, 3.05) is 7.11 Å². The minimum absolute atomic E-state index is 0.176. The maximum Gasteiger partial charge on any atom is 0.244 e. The first-order chi connectivity index (χ1) is 10.5. The van der Waals surface area contributed by atoms with Gasteiger partial charge >= 0.3 is 0 Å². The van der Waals surface area contributed by atoms with Gasteiger partial charge in [0.1, 0.15) is 17.3 Å². The zero-order chi connectivity index (χ0) is 16.1. The van der Waals surface area contributed by atoms with Crippen LogP contribution in [0.5, 0.6) is 5.75 Å². The van der Waals surface area contributed by atoms with Crippen LogP contribution in [0.2, 0.25) is 0 Å². The van der Waals surface area contributed by atoms with Crippen molar-refractivity contribution in [3.63, 3.8) is 0 Å². The lowest BCUT2D eigenvalue weighted by molar-refractivity contribution is -0.117. The highest BCUT2D eigenvalue weighted by Gasteiger charge is 2.11. The zero-order valence-electron chi connectivity index (χ0n) is 13.3. The van der Waals surface area contributed by atoms with Crippen molar-refractivity contribution in [2.24, 2.45) is 0 Å². The molecule has 0 aliphatic carbocycles. The van der Waals surface area contributed by atoms with Crippen LogP contribution in [0.25, 0.3) is 6.08 Å². The molecule has 0 fully saturated rings.